The Bertz CT molecular complexity index is 872. The van der Waals surface area contributed by atoms with Crippen molar-refractivity contribution in [2.24, 2.45) is 0 Å². The number of carbonyl (C=O) groups excluding carboxylic acids is 2. The molecule has 0 aromatic heterocycles. The van der Waals surface area contributed by atoms with E-state index in [-0.39, 0.29) is 17.3 Å². The molecule has 9 N–H and O–H groups in total. The van der Waals surface area contributed by atoms with Crippen LogP contribution in [0.15, 0.2) is 24.3 Å². The topological polar surface area (TPSA) is 234 Å². The van der Waals surface area contributed by atoms with Gasteiger partial charge in [0.15, 0.2) is 0 Å². The maximum atomic E-state index is 12.3. The zero-order valence-corrected chi connectivity index (χ0v) is 17.4. The van der Waals surface area contributed by atoms with E-state index in [1.54, 1.807) is 19.1 Å². The van der Waals surface area contributed by atoms with Gasteiger partial charge < -0.3 is 50.9 Å². The summed E-state index contributed by atoms with van der Waals surface area (Å²) in [6.07, 6.45) is -4.57. The van der Waals surface area contributed by atoms with Gasteiger partial charge in [-0.2, -0.15) is 0 Å². The van der Waals surface area contributed by atoms with Crippen LogP contribution in [0.5, 0.6) is 0 Å². The highest BCUT2D eigenvalue weighted by Gasteiger charge is 2.69. The number of hydrogen-bond donors (Lipinski definition) is 9. The van der Waals surface area contributed by atoms with E-state index in [1.165, 1.54) is 12.1 Å². The summed E-state index contributed by atoms with van der Waals surface area (Å²) in [4.78, 5) is 36.1. The summed E-state index contributed by atoms with van der Waals surface area (Å²) in [5.41, 5.74) is -2.74. The van der Waals surface area contributed by atoms with E-state index in [0.29, 0.717) is 0 Å². The Morgan fingerprint density at radius 1 is 1.19 bits per heavy atom. The van der Waals surface area contributed by atoms with Gasteiger partial charge in [-0.1, -0.05) is 29.5 Å². The lowest BCUT2D eigenvalue weighted by atomic mass is 9.84. The SMILES string of the molecule is Cc1ccc(C(=O)N[C@@H](CS[C@]2(O)OC[C@@H](O)[C@@H](O)[C@]2(O)C(=O)C(O)(O)O)C(=O)O)cc1. The van der Waals surface area contributed by atoms with Crippen molar-refractivity contribution in [2.45, 2.75) is 41.9 Å². The Balaban J connectivity index is 2.26. The quantitative estimate of drug-likeness (QED) is 0.164. The molecule has 1 aliphatic heterocycles. The molecule has 1 aromatic rings. The van der Waals surface area contributed by atoms with Crippen LogP contribution in [0, 0.1) is 6.92 Å². The third-order valence-corrected chi connectivity index (χ3v) is 6.06. The van der Waals surface area contributed by atoms with Crippen LogP contribution in [0.2, 0.25) is 0 Å². The van der Waals surface area contributed by atoms with E-state index in [2.05, 4.69) is 5.32 Å². The summed E-state index contributed by atoms with van der Waals surface area (Å²) < 4.78 is 4.81. The van der Waals surface area contributed by atoms with E-state index in [1.807, 2.05) is 0 Å². The number of aryl methyl sites for hydroxylation is 1. The monoisotopic (exact) mass is 477 g/mol. The number of hydrogen-bond acceptors (Lipinski definition) is 12. The molecule has 0 saturated carbocycles. The van der Waals surface area contributed by atoms with Crippen molar-refractivity contribution in [3.8, 4) is 0 Å². The smallest absolute Gasteiger partial charge is 0.342 e. The lowest BCUT2D eigenvalue weighted by Crippen LogP contribution is -2.75. The van der Waals surface area contributed by atoms with Crippen LogP contribution in [0.3, 0.4) is 0 Å². The number of carboxylic acids is 1. The Morgan fingerprint density at radius 3 is 2.25 bits per heavy atom. The lowest BCUT2D eigenvalue weighted by molar-refractivity contribution is -0.341. The molecule has 13 nitrogen and oxygen atoms in total. The first-order valence-electron chi connectivity index (χ1n) is 9.04. The molecule has 5 atom stereocenters. The minimum Gasteiger partial charge on any atom is -0.480 e. The molecule has 1 heterocycles. The Morgan fingerprint density at radius 2 is 1.75 bits per heavy atom. The summed E-state index contributed by atoms with van der Waals surface area (Å²) in [6.45, 7) is 0.917. The van der Waals surface area contributed by atoms with Crippen LogP contribution in [0.4, 0.5) is 0 Å². The molecule has 1 fully saturated rings. The Hall–Kier alpha value is -2.14. The highest BCUT2D eigenvalue weighted by molar-refractivity contribution is 8.00. The van der Waals surface area contributed by atoms with Crippen LogP contribution in [-0.4, -0.2) is 106 Å². The largest absolute Gasteiger partial charge is 0.480 e. The van der Waals surface area contributed by atoms with Crippen molar-refractivity contribution in [1.82, 2.24) is 5.32 Å². The van der Waals surface area contributed by atoms with Gasteiger partial charge in [-0.05, 0) is 19.1 Å². The van der Waals surface area contributed by atoms with E-state index in [0.717, 1.165) is 5.56 Å². The second kappa shape index (κ2) is 9.38. The minimum absolute atomic E-state index is 0.00458. The summed E-state index contributed by atoms with van der Waals surface area (Å²) in [5.74, 6) is -9.74. The van der Waals surface area contributed by atoms with Gasteiger partial charge in [-0.25, -0.2) is 4.79 Å². The predicted molar refractivity (Wildman–Crippen MR) is 105 cm³/mol. The lowest BCUT2D eigenvalue weighted by Gasteiger charge is -2.49. The van der Waals surface area contributed by atoms with Crippen molar-refractivity contribution in [2.75, 3.05) is 12.4 Å². The molecule has 178 valence electrons. The number of aliphatic carboxylic acids is 1. The summed E-state index contributed by atoms with van der Waals surface area (Å²) in [7, 11) is 0. The normalized spacial score (nSPS) is 29.2. The van der Waals surface area contributed by atoms with E-state index >= 15 is 0 Å². The van der Waals surface area contributed by atoms with Gasteiger partial charge in [-0.15, -0.1) is 0 Å². The molecular weight excluding hydrogens is 454 g/mol. The average molecular weight is 477 g/mol. The number of aliphatic hydroxyl groups excluding tert-OH is 2. The van der Waals surface area contributed by atoms with E-state index in [4.69, 9.17) is 20.1 Å². The van der Waals surface area contributed by atoms with Crippen LogP contribution in [0.1, 0.15) is 15.9 Å². The van der Waals surface area contributed by atoms with Crippen molar-refractivity contribution in [3.63, 3.8) is 0 Å². The van der Waals surface area contributed by atoms with Crippen LogP contribution in [-0.2, 0) is 14.3 Å². The average Bonchev–Trinajstić information content (AvgIpc) is 2.71. The second-order valence-electron chi connectivity index (χ2n) is 7.18. The molecule has 0 spiro atoms. The molecule has 1 aromatic carbocycles. The van der Waals surface area contributed by atoms with Gasteiger partial charge in [0.1, 0.15) is 18.2 Å². The van der Waals surface area contributed by atoms with Crippen LogP contribution in [0.25, 0.3) is 0 Å². The number of carboxylic acid groups (broad SMARTS) is 1. The second-order valence-corrected chi connectivity index (χ2v) is 8.35. The number of carbonyl (C=O) groups is 3. The van der Waals surface area contributed by atoms with Crippen molar-refractivity contribution < 1.29 is 60.0 Å². The molecule has 0 unspecified atom stereocenters. The zero-order valence-electron chi connectivity index (χ0n) is 16.6. The zero-order chi connectivity index (χ0) is 24.5. The number of amides is 1. The Labute approximate surface area is 184 Å². The number of rotatable bonds is 8. The molecule has 2 rings (SSSR count). The van der Waals surface area contributed by atoms with Crippen LogP contribution < -0.4 is 5.32 Å². The number of ether oxygens (including phenoxy) is 1. The molecule has 0 radical (unpaired) electrons. The van der Waals surface area contributed by atoms with Gasteiger partial charge in [-0.3, -0.25) is 9.59 Å². The fraction of sp³-hybridized carbons (Fsp3) is 0.500. The highest BCUT2D eigenvalue weighted by atomic mass is 32.2. The number of ketones is 1. The number of benzene rings is 1. The predicted octanol–water partition coefficient (Wildman–Crippen LogP) is -3.76. The summed E-state index contributed by atoms with van der Waals surface area (Å²) in [5, 5.41) is 76.8. The molecule has 0 bridgehead atoms. The van der Waals surface area contributed by atoms with Gasteiger partial charge in [0.25, 0.3) is 16.8 Å². The van der Waals surface area contributed by atoms with Crippen molar-refractivity contribution in [3.05, 3.63) is 35.4 Å². The van der Waals surface area contributed by atoms with Gasteiger partial charge in [0, 0.05) is 11.3 Å². The van der Waals surface area contributed by atoms with Crippen LogP contribution >= 0.6 is 11.8 Å². The van der Waals surface area contributed by atoms with E-state index in [9.17, 15) is 39.9 Å². The highest BCUT2D eigenvalue weighted by Crippen LogP contribution is 2.44. The first-order chi connectivity index (χ1) is 14.6. The van der Waals surface area contributed by atoms with Gasteiger partial charge in [0.05, 0.1) is 6.61 Å². The fourth-order valence-electron chi connectivity index (χ4n) is 2.87. The van der Waals surface area contributed by atoms with E-state index < -0.39 is 65.0 Å². The Kier molecular flexibility index (Phi) is 7.66. The number of Topliss-reactive ketones (excluding diaryl/α,β-unsaturated/α-hetero) is 1. The maximum Gasteiger partial charge on any atom is 0.342 e. The number of aliphatic hydroxyl groups is 7. The van der Waals surface area contributed by atoms with Crippen molar-refractivity contribution in [1.29, 1.82) is 0 Å². The maximum absolute atomic E-state index is 12.3. The molecule has 1 amide bonds. The fourth-order valence-corrected chi connectivity index (χ4v) is 4.07. The molecule has 1 saturated heterocycles. The summed E-state index contributed by atoms with van der Waals surface area (Å²) in [6, 6.07) is 4.38. The standard InChI is InChI=1S/C18H23NO12S/c1-8-2-4-9(5-3-8)13(22)19-10(14(23)24)7-32-18(30)16(26,15(25)17(27,28)29)12(21)11(20)6-31-18/h2-5,10-12,20-21,26-30H,6-7H2,1H3,(H,19,22)(H,23,24)/t10-,11+,12+,16-,18+/m0/s1. The third-order valence-electron chi connectivity index (χ3n) is 4.74. The molecule has 32 heavy (non-hydrogen) atoms. The molecular formula is C18H23NO12S. The molecule has 0 aliphatic carbocycles. The number of nitrogens with one attached hydrogen (secondary N) is 1. The first-order valence-corrected chi connectivity index (χ1v) is 10.0. The number of thioether (sulfide) groups is 1. The minimum atomic E-state index is -4.25. The van der Waals surface area contributed by atoms with Gasteiger partial charge in [0.2, 0.25) is 5.60 Å². The molecule has 14 heteroatoms. The van der Waals surface area contributed by atoms with Gasteiger partial charge >= 0.3 is 11.9 Å². The summed E-state index contributed by atoms with van der Waals surface area (Å²) >= 11 is -0.00458. The van der Waals surface area contributed by atoms with Crippen molar-refractivity contribution >= 4 is 29.4 Å². The first kappa shape index (κ1) is 26.1. The third kappa shape index (κ3) is 5.09. The molecule has 1 aliphatic rings.